The van der Waals surface area contributed by atoms with Crippen LogP contribution in [0.3, 0.4) is 0 Å². The monoisotopic (exact) mass is 573 g/mol. The number of ketones is 1. The summed E-state index contributed by atoms with van der Waals surface area (Å²) in [5.74, 6) is -0.434. The predicted octanol–water partition coefficient (Wildman–Crippen LogP) is 4.75. The molecule has 216 valence electrons. The van der Waals surface area contributed by atoms with Crippen LogP contribution in [0.4, 0.5) is 4.79 Å². The summed E-state index contributed by atoms with van der Waals surface area (Å²) in [5, 5.41) is 4.23. The average molecular weight is 574 g/mol. The standard InChI is InChI=1S/C33H39N3O4S/c1-35-20-22-36(23-21-35)33(38)34-31(25-28-13-7-3-8-14-28)32(37)26-29(18-17-27-11-5-2-6-12-27)19-24-41(39,40)30-15-9-4-10-16-30/h2-16,19,24,29,31H,17-18,20-23,25-26H2,1H3,(H,34,38). The van der Waals surface area contributed by atoms with Crippen molar-refractivity contribution in [2.45, 2.75) is 36.6 Å². The van der Waals surface area contributed by atoms with Crippen molar-refractivity contribution in [3.63, 3.8) is 0 Å². The van der Waals surface area contributed by atoms with Gasteiger partial charge in [0, 0.05) is 38.0 Å². The first-order valence-electron chi connectivity index (χ1n) is 14.1. The number of allylic oxidation sites excluding steroid dienone is 1. The molecule has 0 bridgehead atoms. The second kappa shape index (κ2) is 14.8. The number of rotatable bonds is 12. The fourth-order valence-electron chi connectivity index (χ4n) is 4.91. The topological polar surface area (TPSA) is 86.8 Å². The zero-order valence-corrected chi connectivity index (χ0v) is 24.4. The molecule has 0 radical (unpaired) electrons. The first kappa shape index (κ1) is 30.2. The van der Waals surface area contributed by atoms with E-state index in [9.17, 15) is 18.0 Å². The Morgan fingerprint density at radius 2 is 1.39 bits per heavy atom. The lowest BCUT2D eigenvalue weighted by atomic mass is 9.90. The lowest BCUT2D eigenvalue weighted by Crippen LogP contribution is -2.54. The summed E-state index contributed by atoms with van der Waals surface area (Å²) in [6, 6.07) is 26.9. The van der Waals surface area contributed by atoms with Crippen molar-refractivity contribution in [3.8, 4) is 0 Å². The van der Waals surface area contributed by atoms with Crippen LogP contribution in [-0.2, 0) is 27.5 Å². The molecule has 2 atom stereocenters. The summed E-state index contributed by atoms with van der Waals surface area (Å²) >= 11 is 0. The Morgan fingerprint density at radius 3 is 2.00 bits per heavy atom. The van der Waals surface area contributed by atoms with Gasteiger partial charge >= 0.3 is 6.03 Å². The molecule has 2 amide bonds. The molecule has 8 heteroatoms. The first-order valence-corrected chi connectivity index (χ1v) is 15.7. The number of piperazine rings is 1. The maximum atomic E-state index is 13.8. The van der Waals surface area contributed by atoms with Gasteiger partial charge in [-0.25, -0.2) is 13.2 Å². The number of hydrogen-bond acceptors (Lipinski definition) is 5. The maximum Gasteiger partial charge on any atom is 0.318 e. The van der Waals surface area contributed by atoms with Gasteiger partial charge in [-0.3, -0.25) is 4.79 Å². The molecule has 0 aromatic heterocycles. The van der Waals surface area contributed by atoms with Crippen LogP contribution in [0.15, 0.2) is 107 Å². The van der Waals surface area contributed by atoms with E-state index in [4.69, 9.17) is 0 Å². The normalized spacial score (nSPS) is 15.9. The first-order chi connectivity index (χ1) is 19.8. The molecule has 7 nitrogen and oxygen atoms in total. The second-order valence-electron chi connectivity index (χ2n) is 10.6. The molecule has 3 aromatic carbocycles. The lowest BCUT2D eigenvalue weighted by molar-refractivity contribution is -0.121. The molecule has 1 N–H and O–H groups in total. The van der Waals surface area contributed by atoms with Crippen molar-refractivity contribution in [3.05, 3.63) is 114 Å². The van der Waals surface area contributed by atoms with E-state index in [1.807, 2.05) is 67.7 Å². The highest BCUT2D eigenvalue weighted by Gasteiger charge is 2.27. The zero-order chi connectivity index (χ0) is 29.1. The van der Waals surface area contributed by atoms with Crippen LogP contribution in [0.5, 0.6) is 0 Å². The Hall–Kier alpha value is -3.75. The summed E-state index contributed by atoms with van der Waals surface area (Å²) in [7, 11) is -1.63. The molecular weight excluding hydrogens is 534 g/mol. The summed E-state index contributed by atoms with van der Waals surface area (Å²) in [6.45, 7) is 2.78. The number of carbonyl (C=O) groups is 2. The van der Waals surface area contributed by atoms with E-state index in [1.165, 1.54) is 5.41 Å². The number of Topliss-reactive ketones (excluding diaryl/α,β-unsaturated/α-hetero) is 1. The Kier molecular flexibility index (Phi) is 10.9. The van der Waals surface area contributed by atoms with Gasteiger partial charge in [0.05, 0.1) is 10.9 Å². The van der Waals surface area contributed by atoms with Crippen molar-refractivity contribution < 1.29 is 18.0 Å². The minimum absolute atomic E-state index is 0.115. The molecule has 1 fully saturated rings. The van der Waals surface area contributed by atoms with Gasteiger partial charge < -0.3 is 15.1 Å². The number of likely N-dealkylation sites (N-methyl/N-ethyl adjacent to an activating group) is 1. The molecule has 41 heavy (non-hydrogen) atoms. The van der Waals surface area contributed by atoms with Crippen LogP contribution >= 0.6 is 0 Å². The Labute approximate surface area is 243 Å². The number of urea groups is 1. The summed E-state index contributed by atoms with van der Waals surface area (Å²) in [5.41, 5.74) is 2.07. The van der Waals surface area contributed by atoms with Crippen molar-refractivity contribution in [2.24, 2.45) is 5.92 Å². The van der Waals surface area contributed by atoms with E-state index in [0.29, 0.717) is 32.4 Å². The maximum absolute atomic E-state index is 13.8. The third kappa shape index (κ3) is 9.40. The van der Waals surface area contributed by atoms with Crippen LogP contribution in [-0.4, -0.2) is 69.3 Å². The fourth-order valence-corrected chi connectivity index (χ4v) is 6.03. The van der Waals surface area contributed by atoms with Gasteiger partial charge in [-0.15, -0.1) is 0 Å². The largest absolute Gasteiger partial charge is 0.328 e. The smallest absolute Gasteiger partial charge is 0.318 e. The minimum atomic E-state index is -3.65. The number of hydrogen-bond donors (Lipinski definition) is 1. The van der Waals surface area contributed by atoms with Gasteiger partial charge in [-0.2, -0.15) is 0 Å². The number of sulfone groups is 1. The van der Waals surface area contributed by atoms with Gasteiger partial charge in [0.15, 0.2) is 15.6 Å². The highest BCUT2D eigenvalue weighted by atomic mass is 32.2. The SMILES string of the molecule is CN1CCN(C(=O)NC(Cc2ccccc2)C(=O)CC(C=CS(=O)(=O)c2ccccc2)CCc2ccccc2)CC1. The molecule has 4 rings (SSSR count). The number of aryl methyl sites for hydroxylation is 1. The second-order valence-corrected chi connectivity index (χ2v) is 12.5. The number of amides is 2. The zero-order valence-electron chi connectivity index (χ0n) is 23.6. The Morgan fingerprint density at radius 1 is 0.829 bits per heavy atom. The average Bonchev–Trinajstić information content (AvgIpc) is 3.00. The third-order valence-electron chi connectivity index (χ3n) is 7.47. The molecule has 1 aliphatic rings. The van der Waals surface area contributed by atoms with E-state index in [-0.39, 0.29) is 29.0 Å². The molecule has 0 spiro atoms. The van der Waals surface area contributed by atoms with Gasteiger partial charge in [0.25, 0.3) is 0 Å². The Bertz CT molecular complexity index is 1390. The number of benzene rings is 3. The highest BCUT2D eigenvalue weighted by molar-refractivity contribution is 7.94. The summed E-state index contributed by atoms with van der Waals surface area (Å²) in [4.78, 5) is 31.1. The van der Waals surface area contributed by atoms with Crippen molar-refractivity contribution >= 4 is 21.7 Å². The molecule has 1 saturated heterocycles. The van der Waals surface area contributed by atoms with Gasteiger partial charge in [0.2, 0.25) is 0 Å². The molecule has 2 unspecified atom stereocenters. The predicted molar refractivity (Wildman–Crippen MR) is 162 cm³/mol. The quantitative estimate of drug-likeness (QED) is 0.338. The fraction of sp³-hybridized carbons (Fsp3) is 0.333. The summed E-state index contributed by atoms with van der Waals surface area (Å²) < 4.78 is 26.0. The van der Waals surface area contributed by atoms with E-state index >= 15 is 0 Å². The van der Waals surface area contributed by atoms with E-state index < -0.39 is 15.9 Å². The molecule has 3 aromatic rings. The Balaban J connectivity index is 1.52. The highest BCUT2D eigenvalue weighted by Crippen LogP contribution is 2.20. The molecule has 1 heterocycles. The van der Waals surface area contributed by atoms with E-state index in [1.54, 1.807) is 41.3 Å². The molecule has 0 aliphatic carbocycles. The molecule has 0 saturated carbocycles. The number of nitrogens with one attached hydrogen (secondary N) is 1. The van der Waals surface area contributed by atoms with Crippen LogP contribution in [0.25, 0.3) is 0 Å². The van der Waals surface area contributed by atoms with Gasteiger partial charge in [-0.05, 0) is 55.5 Å². The van der Waals surface area contributed by atoms with Crippen LogP contribution in [0.1, 0.15) is 24.0 Å². The van der Waals surface area contributed by atoms with Gasteiger partial charge in [0.1, 0.15) is 0 Å². The third-order valence-corrected chi connectivity index (χ3v) is 8.92. The van der Waals surface area contributed by atoms with Crippen molar-refractivity contribution in [1.29, 1.82) is 0 Å². The van der Waals surface area contributed by atoms with E-state index in [0.717, 1.165) is 24.2 Å². The molecule has 1 aliphatic heterocycles. The summed E-state index contributed by atoms with van der Waals surface area (Å²) in [6.07, 6.45) is 3.43. The minimum Gasteiger partial charge on any atom is -0.328 e. The van der Waals surface area contributed by atoms with E-state index in [2.05, 4.69) is 10.2 Å². The van der Waals surface area contributed by atoms with Gasteiger partial charge in [-0.1, -0.05) is 84.9 Å². The lowest BCUT2D eigenvalue weighted by Gasteiger charge is -2.33. The number of carbonyl (C=O) groups excluding carboxylic acids is 2. The van der Waals surface area contributed by atoms with Crippen LogP contribution in [0, 0.1) is 5.92 Å². The molecular formula is C33H39N3O4S. The van der Waals surface area contributed by atoms with Crippen molar-refractivity contribution in [2.75, 3.05) is 33.2 Å². The van der Waals surface area contributed by atoms with Crippen LogP contribution < -0.4 is 5.32 Å². The van der Waals surface area contributed by atoms with Crippen molar-refractivity contribution in [1.82, 2.24) is 15.1 Å². The van der Waals surface area contributed by atoms with Crippen LogP contribution in [0.2, 0.25) is 0 Å². The number of nitrogens with zero attached hydrogens (tertiary/aromatic N) is 2.